The monoisotopic (exact) mass is 261 g/mol. The van der Waals surface area contributed by atoms with E-state index in [1.165, 1.54) is 10.8 Å². The Kier molecular flexibility index (Phi) is 2.92. The molecule has 2 N–H and O–H groups in total. The molecule has 0 saturated heterocycles. The van der Waals surface area contributed by atoms with Gasteiger partial charge in [-0.25, -0.2) is 4.98 Å². The average Bonchev–Trinajstić information content (AvgIpc) is 2.75. The van der Waals surface area contributed by atoms with Crippen molar-refractivity contribution in [1.29, 1.82) is 0 Å². The van der Waals surface area contributed by atoms with Crippen LogP contribution in [0, 0.1) is 19.3 Å². The number of anilines is 1. The van der Waals surface area contributed by atoms with E-state index in [0.717, 1.165) is 17.1 Å². The van der Waals surface area contributed by atoms with Crippen LogP contribution in [-0.4, -0.2) is 9.55 Å². The van der Waals surface area contributed by atoms with Crippen LogP contribution in [0.15, 0.2) is 42.5 Å². The minimum atomic E-state index is 0.443. The van der Waals surface area contributed by atoms with E-state index in [4.69, 9.17) is 12.2 Å². The van der Waals surface area contributed by atoms with Crippen LogP contribution in [-0.2, 0) is 6.54 Å². The number of fused-ring (bicyclic) bond motifs is 1. The fraction of sp³-hybridized carbons (Fsp3) is 0.118. The molecule has 20 heavy (non-hydrogen) atoms. The zero-order valence-corrected chi connectivity index (χ0v) is 11.3. The maximum atomic E-state index is 6.17. The zero-order chi connectivity index (χ0) is 14.1. The van der Waals surface area contributed by atoms with E-state index in [-0.39, 0.29) is 0 Å². The van der Waals surface area contributed by atoms with Crippen molar-refractivity contribution in [2.45, 2.75) is 13.5 Å². The Labute approximate surface area is 118 Å². The fourth-order valence-corrected chi connectivity index (χ4v) is 2.42. The summed E-state index contributed by atoms with van der Waals surface area (Å²) in [6.45, 7) is 2.36. The van der Waals surface area contributed by atoms with E-state index < -0.39 is 0 Å². The molecule has 0 unspecified atom stereocenters. The van der Waals surface area contributed by atoms with Gasteiger partial charge in [0.15, 0.2) is 0 Å². The number of imidazole rings is 1. The summed E-state index contributed by atoms with van der Waals surface area (Å²) in [6, 6.07) is 14.5. The fourth-order valence-electron chi connectivity index (χ4n) is 2.42. The summed E-state index contributed by atoms with van der Waals surface area (Å²) < 4.78 is 1.85. The molecule has 1 aromatic heterocycles. The van der Waals surface area contributed by atoms with Crippen LogP contribution in [0.4, 0.5) is 5.82 Å². The van der Waals surface area contributed by atoms with Crippen LogP contribution in [0.1, 0.15) is 5.82 Å². The second kappa shape index (κ2) is 4.75. The lowest BCUT2D eigenvalue weighted by Crippen LogP contribution is -2.03. The van der Waals surface area contributed by atoms with Gasteiger partial charge in [-0.05, 0) is 23.8 Å². The predicted octanol–water partition coefficient (Wildman–Crippen LogP) is 3.23. The molecule has 0 aliphatic rings. The van der Waals surface area contributed by atoms with Crippen molar-refractivity contribution >= 4 is 16.6 Å². The highest BCUT2D eigenvalue weighted by atomic mass is 15.1. The highest BCUT2D eigenvalue weighted by Gasteiger charge is 2.13. The number of terminal acetylenes is 1. The minimum Gasteiger partial charge on any atom is -0.383 e. The van der Waals surface area contributed by atoms with Gasteiger partial charge in [0.05, 0.1) is 6.54 Å². The third-order valence-corrected chi connectivity index (χ3v) is 3.47. The number of nitrogen functional groups attached to an aromatic ring is 1. The Bertz CT molecular complexity index is 822. The molecule has 0 atom stereocenters. The lowest BCUT2D eigenvalue weighted by molar-refractivity contribution is 0.807. The first-order valence-corrected chi connectivity index (χ1v) is 6.46. The van der Waals surface area contributed by atoms with Crippen molar-refractivity contribution < 1.29 is 0 Å². The van der Waals surface area contributed by atoms with Crippen LogP contribution in [0.2, 0.25) is 0 Å². The maximum absolute atomic E-state index is 6.17. The number of benzene rings is 2. The van der Waals surface area contributed by atoms with Gasteiger partial charge in [0.25, 0.3) is 0 Å². The van der Waals surface area contributed by atoms with E-state index in [1.54, 1.807) is 0 Å². The Morgan fingerprint density at radius 3 is 2.70 bits per heavy atom. The largest absolute Gasteiger partial charge is 0.383 e. The summed E-state index contributed by atoms with van der Waals surface area (Å²) in [5.74, 6) is 4.06. The van der Waals surface area contributed by atoms with Gasteiger partial charge < -0.3 is 10.3 Å². The van der Waals surface area contributed by atoms with Crippen LogP contribution >= 0.6 is 0 Å². The molecule has 1 heterocycles. The molecule has 0 spiro atoms. The summed E-state index contributed by atoms with van der Waals surface area (Å²) in [7, 11) is 0. The third-order valence-electron chi connectivity index (χ3n) is 3.47. The van der Waals surface area contributed by atoms with Crippen molar-refractivity contribution in [2.24, 2.45) is 0 Å². The summed E-state index contributed by atoms with van der Waals surface area (Å²) in [4.78, 5) is 4.55. The van der Waals surface area contributed by atoms with Gasteiger partial charge in [0.1, 0.15) is 17.3 Å². The Hall–Kier alpha value is -2.73. The Balaban J connectivity index is 2.16. The number of aryl methyl sites for hydroxylation is 1. The minimum absolute atomic E-state index is 0.443. The smallest absolute Gasteiger partial charge is 0.132 e. The van der Waals surface area contributed by atoms with Gasteiger partial charge in [0, 0.05) is 5.56 Å². The number of aromatic nitrogens is 2. The predicted molar refractivity (Wildman–Crippen MR) is 83.2 cm³/mol. The van der Waals surface area contributed by atoms with Crippen LogP contribution in [0.5, 0.6) is 0 Å². The van der Waals surface area contributed by atoms with Crippen molar-refractivity contribution in [2.75, 3.05) is 5.73 Å². The van der Waals surface area contributed by atoms with Crippen LogP contribution < -0.4 is 5.73 Å². The quantitative estimate of drug-likeness (QED) is 0.720. The normalized spacial score (nSPS) is 10.6. The van der Waals surface area contributed by atoms with Crippen LogP contribution in [0.3, 0.4) is 0 Å². The molecule has 98 valence electrons. The second-order valence-electron chi connectivity index (χ2n) is 4.75. The van der Waals surface area contributed by atoms with Crippen molar-refractivity contribution in [1.82, 2.24) is 9.55 Å². The average molecular weight is 261 g/mol. The first kappa shape index (κ1) is 12.3. The number of rotatable bonds is 2. The molecule has 0 bridgehead atoms. The number of nitrogens with zero attached hydrogens (tertiary/aromatic N) is 2. The molecule has 0 saturated carbocycles. The lowest BCUT2D eigenvalue weighted by Gasteiger charge is -2.04. The Morgan fingerprint density at radius 2 is 1.95 bits per heavy atom. The maximum Gasteiger partial charge on any atom is 0.132 e. The van der Waals surface area contributed by atoms with Crippen molar-refractivity contribution in [3.63, 3.8) is 0 Å². The SMILES string of the molecule is C#CCn1c(C)nc(-c2ccc3ccccc3c2)c1N. The van der Waals surface area contributed by atoms with Gasteiger partial charge in [-0.3, -0.25) is 0 Å². The molecule has 0 aliphatic carbocycles. The van der Waals surface area contributed by atoms with E-state index in [0.29, 0.717) is 12.4 Å². The van der Waals surface area contributed by atoms with Crippen LogP contribution in [0.25, 0.3) is 22.0 Å². The van der Waals surface area contributed by atoms with Crippen molar-refractivity contribution in [3.05, 3.63) is 48.3 Å². The lowest BCUT2D eigenvalue weighted by atomic mass is 10.1. The van der Waals surface area contributed by atoms with E-state index in [2.05, 4.69) is 35.2 Å². The molecule has 0 radical (unpaired) electrons. The summed E-state index contributed by atoms with van der Waals surface area (Å²) in [5.41, 5.74) is 7.98. The Morgan fingerprint density at radius 1 is 1.20 bits per heavy atom. The molecule has 3 aromatic rings. The molecular weight excluding hydrogens is 246 g/mol. The van der Waals surface area contributed by atoms with Gasteiger partial charge in [-0.1, -0.05) is 42.3 Å². The van der Waals surface area contributed by atoms with Gasteiger partial charge in [-0.2, -0.15) is 0 Å². The molecule has 3 rings (SSSR count). The summed E-state index contributed by atoms with van der Waals surface area (Å²) in [6.07, 6.45) is 5.37. The molecule has 0 amide bonds. The molecular formula is C17H15N3. The number of hydrogen-bond acceptors (Lipinski definition) is 2. The zero-order valence-electron chi connectivity index (χ0n) is 11.3. The van der Waals surface area contributed by atoms with E-state index >= 15 is 0 Å². The second-order valence-corrected chi connectivity index (χ2v) is 4.75. The van der Waals surface area contributed by atoms with Gasteiger partial charge in [0.2, 0.25) is 0 Å². The molecule has 0 fully saturated rings. The van der Waals surface area contributed by atoms with Gasteiger partial charge >= 0.3 is 0 Å². The highest BCUT2D eigenvalue weighted by molar-refractivity contribution is 5.88. The standard InChI is InChI=1S/C17H15N3/c1-3-10-20-12(2)19-16(17(20)18)15-9-8-13-6-4-5-7-14(13)11-15/h1,4-9,11H,10,18H2,2H3. The molecule has 0 aliphatic heterocycles. The number of hydrogen-bond donors (Lipinski definition) is 1. The third kappa shape index (κ3) is 1.92. The highest BCUT2D eigenvalue weighted by Crippen LogP contribution is 2.28. The first-order valence-electron chi connectivity index (χ1n) is 6.46. The number of nitrogens with two attached hydrogens (primary N) is 1. The van der Waals surface area contributed by atoms with Gasteiger partial charge in [-0.15, -0.1) is 6.42 Å². The van der Waals surface area contributed by atoms with E-state index in [1.807, 2.05) is 29.7 Å². The summed E-state index contributed by atoms with van der Waals surface area (Å²) in [5, 5.41) is 2.38. The molecule has 3 nitrogen and oxygen atoms in total. The molecule has 3 heteroatoms. The first-order chi connectivity index (χ1) is 9.70. The van der Waals surface area contributed by atoms with E-state index in [9.17, 15) is 0 Å². The topological polar surface area (TPSA) is 43.8 Å². The van der Waals surface area contributed by atoms with Crippen molar-refractivity contribution in [3.8, 4) is 23.6 Å². The summed E-state index contributed by atoms with van der Waals surface area (Å²) >= 11 is 0. The molecule has 2 aromatic carbocycles.